The molecule has 0 bridgehead atoms. The zero-order valence-electron chi connectivity index (χ0n) is 17.8. The summed E-state index contributed by atoms with van der Waals surface area (Å²) in [6, 6.07) is 3.89. The standard InChI is InChI=1S/C22H28N8O/c1-14-4-8-30(15-3-2-7-25-18(14)15)21(24)19-20(23)28-16(12-26-19)29-9-5-22(6-10-29)11-17(31)27-13-22/h2-3,7,12,14,24H,4-6,8-11,13H2,1H3,(H2,23,28)(H,27,31). The van der Waals surface area contributed by atoms with Crippen molar-refractivity contribution in [1.82, 2.24) is 20.3 Å². The molecule has 4 N–H and O–H groups in total. The molecule has 3 aliphatic rings. The topological polar surface area (TPSA) is 124 Å². The Morgan fingerprint density at radius 2 is 2.10 bits per heavy atom. The molecule has 0 saturated carbocycles. The van der Waals surface area contributed by atoms with E-state index >= 15 is 0 Å². The average molecular weight is 421 g/mol. The summed E-state index contributed by atoms with van der Waals surface area (Å²) >= 11 is 0. The summed E-state index contributed by atoms with van der Waals surface area (Å²) in [5.74, 6) is 1.77. The van der Waals surface area contributed by atoms with E-state index < -0.39 is 0 Å². The van der Waals surface area contributed by atoms with Gasteiger partial charge in [-0.15, -0.1) is 0 Å². The Morgan fingerprint density at radius 3 is 2.81 bits per heavy atom. The van der Waals surface area contributed by atoms with E-state index in [0.717, 1.165) is 62.6 Å². The van der Waals surface area contributed by atoms with Crippen molar-refractivity contribution in [3.63, 3.8) is 0 Å². The molecule has 5 rings (SSSR count). The molecule has 0 aromatic carbocycles. The second-order valence-corrected chi connectivity index (χ2v) is 9.00. The number of anilines is 3. The van der Waals surface area contributed by atoms with Gasteiger partial charge in [0.25, 0.3) is 0 Å². The number of nitrogen functional groups attached to an aromatic ring is 1. The molecule has 162 valence electrons. The number of fused-ring (bicyclic) bond motifs is 1. The number of hydrogen-bond acceptors (Lipinski definition) is 7. The number of piperidine rings is 1. The van der Waals surface area contributed by atoms with E-state index in [0.29, 0.717) is 18.0 Å². The predicted molar refractivity (Wildman–Crippen MR) is 119 cm³/mol. The van der Waals surface area contributed by atoms with E-state index in [9.17, 15) is 4.79 Å². The molecule has 9 heteroatoms. The quantitative estimate of drug-likeness (QED) is 0.501. The lowest BCUT2D eigenvalue weighted by molar-refractivity contribution is -0.119. The minimum absolute atomic E-state index is 0.0848. The van der Waals surface area contributed by atoms with Gasteiger partial charge in [0, 0.05) is 44.7 Å². The number of carbonyl (C=O) groups excluding carboxylic acids is 1. The Kier molecular flexibility index (Phi) is 4.75. The second kappa shape index (κ2) is 7.47. The molecule has 2 saturated heterocycles. The van der Waals surface area contributed by atoms with Crippen molar-refractivity contribution in [1.29, 1.82) is 5.41 Å². The summed E-state index contributed by atoms with van der Waals surface area (Å²) < 4.78 is 0. The van der Waals surface area contributed by atoms with Gasteiger partial charge in [0.15, 0.2) is 11.7 Å². The first-order valence-corrected chi connectivity index (χ1v) is 10.9. The van der Waals surface area contributed by atoms with Crippen molar-refractivity contribution in [2.24, 2.45) is 5.41 Å². The number of aromatic nitrogens is 3. The number of nitrogens with two attached hydrogens (primary N) is 1. The third-order valence-corrected chi connectivity index (χ3v) is 6.98. The highest BCUT2D eigenvalue weighted by molar-refractivity contribution is 6.09. The number of amidine groups is 1. The fraction of sp³-hybridized carbons (Fsp3) is 0.500. The molecule has 1 unspecified atom stereocenters. The van der Waals surface area contributed by atoms with Gasteiger partial charge in [-0.05, 0) is 36.8 Å². The van der Waals surface area contributed by atoms with E-state index in [2.05, 4.69) is 32.1 Å². The van der Waals surface area contributed by atoms with Crippen LogP contribution in [-0.4, -0.2) is 52.9 Å². The number of pyridine rings is 1. The maximum Gasteiger partial charge on any atom is 0.220 e. The Balaban J connectivity index is 1.33. The van der Waals surface area contributed by atoms with Crippen molar-refractivity contribution in [2.45, 2.75) is 38.5 Å². The number of amides is 1. The lowest BCUT2D eigenvalue weighted by Crippen LogP contribution is -2.42. The zero-order chi connectivity index (χ0) is 21.6. The highest BCUT2D eigenvalue weighted by Gasteiger charge is 2.41. The van der Waals surface area contributed by atoms with Crippen LogP contribution in [0.2, 0.25) is 0 Å². The minimum Gasteiger partial charge on any atom is -0.382 e. The molecule has 0 aliphatic carbocycles. The van der Waals surface area contributed by atoms with Crippen LogP contribution >= 0.6 is 0 Å². The van der Waals surface area contributed by atoms with E-state index in [-0.39, 0.29) is 23.0 Å². The lowest BCUT2D eigenvalue weighted by Gasteiger charge is -2.38. The van der Waals surface area contributed by atoms with Crippen LogP contribution in [0.15, 0.2) is 24.5 Å². The first-order chi connectivity index (χ1) is 15.0. The van der Waals surface area contributed by atoms with Gasteiger partial charge in [-0.1, -0.05) is 6.92 Å². The van der Waals surface area contributed by atoms with E-state index in [1.165, 1.54) is 0 Å². The van der Waals surface area contributed by atoms with Crippen molar-refractivity contribution in [3.8, 4) is 0 Å². The minimum atomic E-state index is 0.0848. The second-order valence-electron chi connectivity index (χ2n) is 9.00. The van der Waals surface area contributed by atoms with Gasteiger partial charge in [-0.25, -0.2) is 9.97 Å². The molecule has 2 aromatic heterocycles. The van der Waals surface area contributed by atoms with Crippen LogP contribution in [0.1, 0.15) is 49.9 Å². The monoisotopic (exact) mass is 420 g/mol. The van der Waals surface area contributed by atoms with Gasteiger partial charge >= 0.3 is 0 Å². The van der Waals surface area contributed by atoms with Crippen LogP contribution < -0.4 is 20.9 Å². The van der Waals surface area contributed by atoms with Crippen LogP contribution in [0, 0.1) is 10.8 Å². The smallest absolute Gasteiger partial charge is 0.220 e. The van der Waals surface area contributed by atoms with Gasteiger partial charge < -0.3 is 20.9 Å². The summed E-state index contributed by atoms with van der Waals surface area (Å²) in [6.07, 6.45) is 6.94. The number of nitrogens with zero attached hydrogens (tertiary/aromatic N) is 5. The first-order valence-electron chi connectivity index (χ1n) is 10.9. The molecule has 31 heavy (non-hydrogen) atoms. The molecule has 0 radical (unpaired) electrons. The van der Waals surface area contributed by atoms with E-state index in [1.54, 1.807) is 12.4 Å². The normalized spacial score (nSPS) is 22.4. The Bertz CT molecular complexity index is 1030. The highest BCUT2D eigenvalue weighted by Crippen LogP contribution is 2.38. The number of nitrogens with one attached hydrogen (secondary N) is 2. The molecule has 2 aromatic rings. The molecule has 1 spiro atoms. The average Bonchev–Trinajstić information content (AvgIpc) is 3.14. The van der Waals surface area contributed by atoms with Crippen LogP contribution in [0.5, 0.6) is 0 Å². The summed E-state index contributed by atoms with van der Waals surface area (Å²) in [7, 11) is 0. The molecule has 1 atom stereocenters. The largest absolute Gasteiger partial charge is 0.382 e. The van der Waals surface area contributed by atoms with Crippen LogP contribution in [-0.2, 0) is 4.79 Å². The Labute approximate surface area is 181 Å². The number of hydrogen-bond donors (Lipinski definition) is 3. The highest BCUT2D eigenvalue weighted by atomic mass is 16.1. The first kappa shape index (κ1) is 19.7. The fourth-order valence-corrected chi connectivity index (χ4v) is 5.00. The van der Waals surface area contributed by atoms with Gasteiger partial charge in [-0.2, -0.15) is 0 Å². The third kappa shape index (κ3) is 3.47. The van der Waals surface area contributed by atoms with Gasteiger partial charge in [0.2, 0.25) is 5.91 Å². The van der Waals surface area contributed by atoms with Crippen molar-refractivity contribution in [2.75, 3.05) is 41.7 Å². The number of carbonyl (C=O) groups is 1. The summed E-state index contributed by atoms with van der Waals surface area (Å²) in [5.41, 5.74) is 8.70. The lowest BCUT2D eigenvalue weighted by atomic mass is 9.78. The molecular formula is C22H28N8O. The Morgan fingerprint density at radius 1 is 1.29 bits per heavy atom. The predicted octanol–water partition coefficient (Wildman–Crippen LogP) is 1.90. The van der Waals surface area contributed by atoms with Gasteiger partial charge in [-0.3, -0.25) is 15.2 Å². The van der Waals surface area contributed by atoms with Crippen LogP contribution in [0.3, 0.4) is 0 Å². The number of rotatable bonds is 2. The van der Waals surface area contributed by atoms with Crippen molar-refractivity contribution < 1.29 is 4.79 Å². The summed E-state index contributed by atoms with van der Waals surface area (Å²) in [5, 5.41) is 11.7. The SMILES string of the molecule is CC1CCN(C(=N)c2ncc(N3CCC4(CC3)CNC(=O)C4)nc2N)c2cccnc21. The van der Waals surface area contributed by atoms with Crippen LogP contribution in [0.25, 0.3) is 0 Å². The van der Waals surface area contributed by atoms with Crippen molar-refractivity contribution >= 4 is 29.1 Å². The molecule has 2 fully saturated rings. The third-order valence-electron chi connectivity index (χ3n) is 6.98. The fourth-order valence-electron chi connectivity index (χ4n) is 5.00. The van der Waals surface area contributed by atoms with Crippen LogP contribution in [0.4, 0.5) is 17.3 Å². The molecule has 1 amide bonds. The summed E-state index contributed by atoms with van der Waals surface area (Å²) in [4.78, 5) is 29.4. The van der Waals surface area contributed by atoms with Gasteiger partial charge in [0.05, 0.1) is 17.6 Å². The zero-order valence-corrected chi connectivity index (χ0v) is 17.8. The maximum atomic E-state index is 11.6. The molecular weight excluding hydrogens is 392 g/mol. The van der Waals surface area contributed by atoms with Crippen molar-refractivity contribution in [3.05, 3.63) is 35.9 Å². The molecule has 3 aliphatic heterocycles. The maximum absolute atomic E-state index is 11.6. The Hall–Kier alpha value is -3.23. The summed E-state index contributed by atoms with van der Waals surface area (Å²) in [6.45, 7) is 5.30. The molecule has 5 heterocycles. The van der Waals surface area contributed by atoms with E-state index in [1.807, 2.05) is 17.0 Å². The van der Waals surface area contributed by atoms with E-state index in [4.69, 9.17) is 11.1 Å². The molecule has 9 nitrogen and oxygen atoms in total. The van der Waals surface area contributed by atoms with Gasteiger partial charge in [0.1, 0.15) is 11.5 Å².